The average molecular weight is 288 g/mol. The Kier molecular flexibility index (Phi) is 4.46. The lowest BCUT2D eigenvalue weighted by Gasteiger charge is -2.17. The Labute approximate surface area is 124 Å². The summed E-state index contributed by atoms with van der Waals surface area (Å²) in [4.78, 5) is 12.2. The smallest absolute Gasteiger partial charge is 0.251 e. The number of rotatable bonds is 3. The van der Waals surface area contributed by atoms with Gasteiger partial charge in [0, 0.05) is 10.6 Å². The van der Waals surface area contributed by atoms with Crippen molar-refractivity contribution in [2.75, 3.05) is 0 Å². The van der Waals surface area contributed by atoms with Crippen molar-refractivity contribution in [2.45, 2.75) is 26.8 Å². The predicted molar refractivity (Wildman–Crippen MR) is 83.2 cm³/mol. The second-order valence-electron chi connectivity index (χ2n) is 5.07. The fraction of sp³-hybridized carbons (Fsp3) is 0.235. The Hall–Kier alpha value is -1.80. The van der Waals surface area contributed by atoms with E-state index in [1.54, 1.807) is 24.3 Å². The number of hydrogen-bond acceptors (Lipinski definition) is 1. The Balaban J connectivity index is 2.17. The first kappa shape index (κ1) is 14.6. The molecule has 1 N–H and O–H groups in total. The summed E-state index contributed by atoms with van der Waals surface area (Å²) >= 11 is 5.91. The van der Waals surface area contributed by atoms with Crippen molar-refractivity contribution in [3.8, 4) is 0 Å². The first-order valence-corrected chi connectivity index (χ1v) is 6.99. The first-order chi connectivity index (χ1) is 9.47. The molecule has 2 aromatic rings. The molecule has 1 amide bonds. The van der Waals surface area contributed by atoms with Crippen LogP contribution in [-0.4, -0.2) is 5.91 Å². The van der Waals surface area contributed by atoms with Crippen LogP contribution in [0, 0.1) is 13.8 Å². The number of nitrogens with one attached hydrogen (secondary N) is 1. The standard InChI is InChI=1S/C17H18ClNO/c1-11-7-8-12(2)16(9-11)13(3)19-17(20)14-5-4-6-15(18)10-14/h4-10,13H,1-3H3,(H,19,20). The zero-order chi connectivity index (χ0) is 14.7. The lowest BCUT2D eigenvalue weighted by atomic mass is 10.00. The van der Waals surface area contributed by atoms with Crippen LogP contribution in [0.5, 0.6) is 0 Å². The molecule has 0 spiro atoms. The highest BCUT2D eigenvalue weighted by Crippen LogP contribution is 2.19. The van der Waals surface area contributed by atoms with Gasteiger partial charge in [0.2, 0.25) is 0 Å². The van der Waals surface area contributed by atoms with Gasteiger partial charge in [-0.3, -0.25) is 4.79 Å². The van der Waals surface area contributed by atoms with E-state index in [9.17, 15) is 4.79 Å². The van der Waals surface area contributed by atoms with Crippen LogP contribution in [0.2, 0.25) is 5.02 Å². The minimum absolute atomic E-state index is 0.0404. The molecule has 2 aromatic carbocycles. The maximum Gasteiger partial charge on any atom is 0.251 e. The SMILES string of the molecule is Cc1ccc(C)c(C(C)NC(=O)c2cccc(Cl)c2)c1. The fourth-order valence-electron chi connectivity index (χ4n) is 2.21. The second kappa shape index (κ2) is 6.10. The van der Waals surface area contributed by atoms with Crippen LogP contribution < -0.4 is 5.32 Å². The van der Waals surface area contributed by atoms with Crippen molar-refractivity contribution in [1.82, 2.24) is 5.32 Å². The molecule has 0 saturated carbocycles. The summed E-state index contributed by atoms with van der Waals surface area (Å²) in [6.45, 7) is 6.09. The van der Waals surface area contributed by atoms with Crippen LogP contribution >= 0.6 is 11.6 Å². The molecule has 0 aliphatic heterocycles. The lowest BCUT2D eigenvalue weighted by Crippen LogP contribution is -2.27. The molecule has 0 aromatic heterocycles. The Bertz CT molecular complexity index is 637. The molecule has 104 valence electrons. The van der Waals surface area contributed by atoms with E-state index in [0.717, 1.165) is 5.56 Å². The lowest BCUT2D eigenvalue weighted by molar-refractivity contribution is 0.0940. The number of carbonyl (C=O) groups excluding carboxylic acids is 1. The predicted octanol–water partition coefficient (Wildman–Crippen LogP) is 4.45. The molecule has 3 heteroatoms. The molecule has 0 aliphatic rings. The van der Waals surface area contributed by atoms with Crippen LogP contribution in [0.25, 0.3) is 0 Å². The number of aryl methyl sites for hydroxylation is 2. The largest absolute Gasteiger partial charge is 0.346 e. The number of hydrogen-bond donors (Lipinski definition) is 1. The Morgan fingerprint density at radius 2 is 1.90 bits per heavy atom. The minimum atomic E-state index is -0.110. The number of carbonyl (C=O) groups is 1. The summed E-state index contributed by atoms with van der Waals surface area (Å²) in [6, 6.07) is 13.2. The van der Waals surface area contributed by atoms with E-state index >= 15 is 0 Å². The van der Waals surface area contributed by atoms with Crippen molar-refractivity contribution in [3.05, 3.63) is 69.7 Å². The quantitative estimate of drug-likeness (QED) is 0.888. The third-order valence-corrected chi connectivity index (χ3v) is 3.57. The molecular weight excluding hydrogens is 270 g/mol. The van der Waals surface area contributed by atoms with Crippen LogP contribution in [0.4, 0.5) is 0 Å². The van der Waals surface area contributed by atoms with Gasteiger partial charge in [0.25, 0.3) is 5.91 Å². The Morgan fingerprint density at radius 1 is 1.15 bits per heavy atom. The first-order valence-electron chi connectivity index (χ1n) is 6.61. The molecule has 0 saturated heterocycles. The van der Waals surface area contributed by atoms with Crippen LogP contribution in [0.1, 0.15) is 40.0 Å². The van der Waals surface area contributed by atoms with E-state index in [1.165, 1.54) is 11.1 Å². The minimum Gasteiger partial charge on any atom is -0.346 e. The zero-order valence-electron chi connectivity index (χ0n) is 11.9. The van der Waals surface area contributed by atoms with Gasteiger partial charge >= 0.3 is 0 Å². The van der Waals surface area contributed by atoms with E-state index in [0.29, 0.717) is 10.6 Å². The van der Waals surface area contributed by atoms with Gasteiger partial charge in [-0.2, -0.15) is 0 Å². The van der Waals surface area contributed by atoms with Crippen molar-refractivity contribution < 1.29 is 4.79 Å². The van der Waals surface area contributed by atoms with Gasteiger partial charge in [-0.05, 0) is 50.1 Å². The molecule has 0 aliphatic carbocycles. The molecule has 20 heavy (non-hydrogen) atoms. The van der Waals surface area contributed by atoms with Crippen molar-refractivity contribution >= 4 is 17.5 Å². The molecule has 2 rings (SSSR count). The normalized spacial score (nSPS) is 12.0. The third-order valence-electron chi connectivity index (χ3n) is 3.34. The van der Waals surface area contributed by atoms with E-state index in [1.807, 2.05) is 6.92 Å². The maximum atomic E-state index is 12.2. The highest BCUT2D eigenvalue weighted by Gasteiger charge is 2.13. The molecular formula is C17H18ClNO. The monoisotopic (exact) mass is 287 g/mol. The molecule has 1 unspecified atom stereocenters. The van der Waals surface area contributed by atoms with E-state index in [2.05, 4.69) is 37.4 Å². The zero-order valence-corrected chi connectivity index (χ0v) is 12.7. The summed E-state index contributed by atoms with van der Waals surface area (Å²) in [6.07, 6.45) is 0. The maximum absolute atomic E-state index is 12.2. The van der Waals surface area contributed by atoms with Crippen LogP contribution in [0.15, 0.2) is 42.5 Å². The van der Waals surface area contributed by atoms with Gasteiger partial charge in [0.05, 0.1) is 6.04 Å². The van der Waals surface area contributed by atoms with Crippen molar-refractivity contribution in [2.24, 2.45) is 0 Å². The van der Waals surface area contributed by atoms with Crippen molar-refractivity contribution in [3.63, 3.8) is 0 Å². The van der Waals surface area contributed by atoms with Crippen molar-refractivity contribution in [1.29, 1.82) is 0 Å². The van der Waals surface area contributed by atoms with E-state index in [4.69, 9.17) is 11.6 Å². The van der Waals surface area contributed by atoms with E-state index in [-0.39, 0.29) is 11.9 Å². The fourth-order valence-corrected chi connectivity index (χ4v) is 2.40. The number of amides is 1. The molecule has 2 nitrogen and oxygen atoms in total. The molecule has 0 fully saturated rings. The van der Waals surface area contributed by atoms with E-state index < -0.39 is 0 Å². The summed E-state index contributed by atoms with van der Waals surface area (Å²) < 4.78 is 0. The number of halogens is 1. The third kappa shape index (κ3) is 3.40. The van der Waals surface area contributed by atoms with Crippen LogP contribution in [0.3, 0.4) is 0 Å². The van der Waals surface area contributed by atoms with Crippen LogP contribution in [-0.2, 0) is 0 Å². The topological polar surface area (TPSA) is 29.1 Å². The molecule has 0 bridgehead atoms. The molecule has 0 heterocycles. The summed E-state index contributed by atoms with van der Waals surface area (Å²) in [7, 11) is 0. The van der Waals surface area contributed by atoms with Gasteiger partial charge in [0.15, 0.2) is 0 Å². The van der Waals surface area contributed by atoms with Gasteiger partial charge in [-0.25, -0.2) is 0 Å². The van der Waals surface area contributed by atoms with Gasteiger partial charge in [0.1, 0.15) is 0 Å². The Morgan fingerprint density at radius 3 is 2.60 bits per heavy atom. The highest BCUT2D eigenvalue weighted by molar-refractivity contribution is 6.30. The van der Waals surface area contributed by atoms with Gasteiger partial charge in [-0.15, -0.1) is 0 Å². The number of benzene rings is 2. The summed E-state index contributed by atoms with van der Waals surface area (Å²) in [5, 5.41) is 3.58. The average Bonchev–Trinajstić information content (AvgIpc) is 2.41. The molecule has 1 atom stereocenters. The highest BCUT2D eigenvalue weighted by atomic mass is 35.5. The molecule has 0 radical (unpaired) electrons. The van der Waals surface area contributed by atoms with Gasteiger partial charge in [-0.1, -0.05) is 41.4 Å². The second-order valence-corrected chi connectivity index (χ2v) is 5.50. The summed E-state index contributed by atoms with van der Waals surface area (Å²) in [5.41, 5.74) is 4.08. The summed E-state index contributed by atoms with van der Waals surface area (Å²) in [5.74, 6) is -0.110. The van der Waals surface area contributed by atoms with Gasteiger partial charge < -0.3 is 5.32 Å².